The zero-order valence-electron chi connectivity index (χ0n) is 27.0. The Balaban J connectivity index is 1.18. The molecule has 4 aliphatic heterocycles. The standard InChI is InChI=1S/C35H39F2N7O4/c1-2-25-27(37)6-5-21-13-24(45)15-30(31(21)25)41-12-7-26-29(19-41)38-34(48-20-35-8-3-10-43(35)17-22(36)16-35)39-32(26)42-9-4-11-44-23(18-42)14-28(40-44)33(46)47/h5-6,13-15,22,45H,2-4,7-12,16-20H2,1H3,(H,46,47)/t22-,35+/m1/s1. The average molecular weight is 660 g/mol. The van der Waals surface area contributed by atoms with Crippen molar-refractivity contribution in [3.05, 3.63) is 64.4 Å². The van der Waals surface area contributed by atoms with Gasteiger partial charge in [0.25, 0.3) is 0 Å². The number of aromatic nitrogens is 4. The van der Waals surface area contributed by atoms with E-state index in [4.69, 9.17) is 14.7 Å². The molecule has 2 aromatic heterocycles. The van der Waals surface area contributed by atoms with E-state index in [2.05, 4.69) is 19.8 Å². The van der Waals surface area contributed by atoms with Gasteiger partial charge >= 0.3 is 12.0 Å². The van der Waals surface area contributed by atoms with Crippen LogP contribution in [0.1, 0.15) is 65.6 Å². The molecule has 2 atom stereocenters. The third-order valence-electron chi connectivity index (χ3n) is 10.6. The largest absolute Gasteiger partial charge is 0.508 e. The molecule has 4 aliphatic rings. The normalized spacial score (nSPS) is 22.4. The van der Waals surface area contributed by atoms with Gasteiger partial charge < -0.3 is 24.7 Å². The van der Waals surface area contributed by atoms with Gasteiger partial charge in [-0.3, -0.25) is 9.58 Å². The highest BCUT2D eigenvalue weighted by Gasteiger charge is 2.49. The van der Waals surface area contributed by atoms with Crippen LogP contribution in [0.5, 0.6) is 11.8 Å². The maximum Gasteiger partial charge on any atom is 0.356 e. The molecule has 6 heterocycles. The molecule has 4 aromatic rings. The first-order valence-corrected chi connectivity index (χ1v) is 16.9. The topological polar surface area (TPSA) is 120 Å². The molecule has 0 spiro atoms. The fourth-order valence-electron chi connectivity index (χ4n) is 8.39. The van der Waals surface area contributed by atoms with Crippen molar-refractivity contribution >= 4 is 28.2 Å². The number of anilines is 2. The van der Waals surface area contributed by atoms with Gasteiger partial charge in [0.05, 0.1) is 30.0 Å². The maximum absolute atomic E-state index is 15.0. The lowest BCUT2D eigenvalue weighted by Gasteiger charge is -2.35. The molecule has 0 bridgehead atoms. The molecular weight excluding hydrogens is 620 g/mol. The molecule has 0 unspecified atom stereocenters. The van der Waals surface area contributed by atoms with Crippen LogP contribution in [0, 0.1) is 5.82 Å². The fourth-order valence-corrected chi connectivity index (χ4v) is 8.39. The number of carbonyl (C=O) groups is 1. The van der Waals surface area contributed by atoms with Crippen LogP contribution in [0.15, 0.2) is 30.3 Å². The second-order valence-electron chi connectivity index (χ2n) is 13.6. The van der Waals surface area contributed by atoms with Gasteiger partial charge in [0.1, 0.15) is 30.2 Å². The van der Waals surface area contributed by atoms with Crippen molar-refractivity contribution in [2.24, 2.45) is 0 Å². The molecule has 2 N–H and O–H groups in total. The number of carboxylic acid groups (broad SMARTS) is 1. The molecule has 0 saturated carbocycles. The lowest BCUT2D eigenvalue weighted by Crippen LogP contribution is -2.43. The highest BCUT2D eigenvalue weighted by Crippen LogP contribution is 2.42. The summed E-state index contributed by atoms with van der Waals surface area (Å²) in [4.78, 5) is 28.1. The summed E-state index contributed by atoms with van der Waals surface area (Å²) in [5, 5.41) is 26.1. The summed E-state index contributed by atoms with van der Waals surface area (Å²) in [6.45, 7) is 6.16. The molecule has 11 nitrogen and oxygen atoms in total. The quantitative estimate of drug-likeness (QED) is 0.285. The minimum Gasteiger partial charge on any atom is -0.508 e. The average Bonchev–Trinajstić information content (AvgIpc) is 3.70. The second-order valence-corrected chi connectivity index (χ2v) is 13.6. The van der Waals surface area contributed by atoms with E-state index < -0.39 is 12.1 Å². The Kier molecular flexibility index (Phi) is 7.61. The summed E-state index contributed by atoms with van der Waals surface area (Å²) >= 11 is 0. The lowest BCUT2D eigenvalue weighted by atomic mass is 9.95. The zero-order chi connectivity index (χ0) is 33.2. The van der Waals surface area contributed by atoms with E-state index in [-0.39, 0.29) is 28.8 Å². The summed E-state index contributed by atoms with van der Waals surface area (Å²) in [7, 11) is 0. The van der Waals surface area contributed by atoms with Gasteiger partial charge in [-0.15, -0.1) is 0 Å². The van der Waals surface area contributed by atoms with E-state index in [1.165, 1.54) is 6.07 Å². The second kappa shape index (κ2) is 11.9. The van der Waals surface area contributed by atoms with Crippen LogP contribution in [0.2, 0.25) is 0 Å². The SMILES string of the molecule is CCc1c(F)ccc2cc(O)cc(N3CCc4c(nc(OC[C@@]56CCCN5C[C@H](F)C6)nc4N4CCCn5nc(C(=O)O)cc5C4)C3)c12. The molecule has 13 heteroatoms. The number of hydrogen-bond acceptors (Lipinski definition) is 9. The zero-order valence-corrected chi connectivity index (χ0v) is 27.0. The van der Waals surface area contributed by atoms with Crippen molar-refractivity contribution in [2.45, 2.75) is 76.8 Å². The van der Waals surface area contributed by atoms with E-state index in [0.29, 0.717) is 70.7 Å². The third-order valence-corrected chi connectivity index (χ3v) is 10.6. The Morgan fingerprint density at radius 2 is 1.96 bits per heavy atom. The van der Waals surface area contributed by atoms with Crippen molar-refractivity contribution in [3.8, 4) is 11.8 Å². The van der Waals surface area contributed by atoms with Gasteiger partial charge in [0.2, 0.25) is 0 Å². The maximum atomic E-state index is 15.0. The molecule has 2 aromatic carbocycles. The summed E-state index contributed by atoms with van der Waals surface area (Å²) in [6.07, 6.45) is 3.25. The number of phenolic OH excluding ortho intramolecular Hbond substituents is 1. The Labute approximate surface area is 276 Å². The lowest BCUT2D eigenvalue weighted by molar-refractivity contribution is 0.0689. The van der Waals surface area contributed by atoms with Crippen LogP contribution in [0.3, 0.4) is 0 Å². The summed E-state index contributed by atoms with van der Waals surface area (Å²) in [5.41, 5.74) is 3.53. The number of phenols is 1. The fraction of sp³-hybridized carbons (Fsp3) is 0.486. The highest BCUT2D eigenvalue weighted by molar-refractivity contribution is 5.98. The number of aryl methyl sites for hydroxylation is 2. The number of hydrogen-bond donors (Lipinski definition) is 2. The van der Waals surface area contributed by atoms with Crippen LogP contribution in [0.4, 0.5) is 20.3 Å². The van der Waals surface area contributed by atoms with Gasteiger partial charge in [-0.2, -0.15) is 15.1 Å². The number of aromatic carboxylic acids is 1. The molecule has 48 heavy (non-hydrogen) atoms. The molecule has 2 saturated heterocycles. The Morgan fingerprint density at radius 3 is 2.79 bits per heavy atom. The van der Waals surface area contributed by atoms with E-state index in [1.807, 2.05) is 6.92 Å². The van der Waals surface area contributed by atoms with Gasteiger partial charge in [-0.05, 0) is 67.8 Å². The molecule has 0 amide bonds. The van der Waals surface area contributed by atoms with E-state index >= 15 is 4.39 Å². The minimum atomic E-state index is -1.06. The highest BCUT2D eigenvalue weighted by atomic mass is 19.1. The Morgan fingerprint density at radius 1 is 1.08 bits per heavy atom. The summed E-state index contributed by atoms with van der Waals surface area (Å²) < 4.78 is 37.8. The Bertz CT molecular complexity index is 1920. The van der Waals surface area contributed by atoms with Crippen molar-refractivity contribution in [2.75, 3.05) is 42.6 Å². The predicted molar refractivity (Wildman–Crippen MR) is 175 cm³/mol. The molecule has 252 valence electrons. The monoisotopic (exact) mass is 659 g/mol. The molecule has 0 radical (unpaired) electrons. The van der Waals surface area contributed by atoms with Crippen molar-refractivity contribution in [3.63, 3.8) is 0 Å². The molecule has 0 aliphatic carbocycles. The smallest absolute Gasteiger partial charge is 0.356 e. The number of ether oxygens (including phenoxy) is 1. The first kappa shape index (κ1) is 30.8. The van der Waals surface area contributed by atoms with E-state index in [1.54, 1.807) is 28.9 Å². The van der Waals surface area contributed by atoms with Crippen molar-refractivity contribution in [1.82, 2.24) is 24.6 Å². The van der Waals surface area contributed by atoms with Gasteiger partial charge in [-0.1, -0.05) is 13.0 Å². The van der Waals surface area contributed by atoms with Gasteiger partial charge in [0.15, 0.2) is 5.69 Å². The number of rotatable bonds is 7. The van der Waals surface area contributed by atoms with Crippen LogP contribution in [-0.2, 0) is 32.5 Å². The van der Waals surface area contributed by atoms with Crippen LogP contribution in [-0.4, -0.2) is 85.3 Å². The van der Waals surface area contributed by atoms with Crippen LogP contribution >= 0.6 is 0 Å². The van der Waals surface area contributed by atoms with Crippen molar-refractivity contribution in [1.29, 1.82) is 0 Å². The number of carboxylic acids is 1. The molecule has 8 rings (SSSR count). The van der Waals surface area contributed by atoms with E-state index in [0.717, 1.165) is 65.0 Å². The minimum absolute atomic E-state index is 0.0144. The number of fused-ring (bicyclic) bond motifs is 4. The summed E-state index contributed by atoms with van der Waals surface area (Å²) in [6, 6.07) is 8.35. The van der Waals surface area contributed by atoms with E-state index in [9.17, 15) is 19.4 Å². The van der Waals surface area contributed by atoms with Crippen LogP contribution < -0.4 is 14.5 Å². The predicted octanol–water partition coefficient (Wildman–Crippen LogP) is 4.86. The first-order chi connectivity index (χ1) is 23.2. The number of aromatic hydroxyl groups is 1. The molecular formula is C35H39F2N7O4. The van der Waals surface area contributed by atoms with Crippen molar-refractivity contribution < 1.29 is 28.5 Å². The molecule has 2 fully saturated rings. The van der Waals surface area contributed by atoms with Gasteiger partial charge in [0, 0.05) is 55.3 Å². The number of nitrogens with zero attached hydrogens (tertiary/aromatic N) is 7. The summed E-state index contributed by atoms with van der Waals surface area (Å²) in [5.74, 6) is -0.498. The van der Waals surface area contributed by atoms with Gasteiger partial charge in [-0.25, -0.2) is 13.6 Å². The number of benzene rings is 2. The Hall–Kier alpha value is -4.52. The third kappa shape index (κ3) is 5.28. The first-order valence-electron chi connectivity index (χ1n) is 16.9. The number of halogens is 2. The number of alkyl halides is 1. The van der Waals surface area contributed by atoms with Crippen LogP contribution in [0.25, 0.3) is 10.8 Å².